The van der Waals surface area contributed by atoms with Crippen molar-refractivity contribution in [3.05, 3.63) is 0 Å². The van der Waals surface area contributed by atoms with Gasteiger partial charge in [0.25, 0.3) is 0 Å². The molecule has 0 aromatic rings. The minimum Gasteiger partial charge on any atom is -0.352 e. The highest BCUT2D eigenvalue weighted by molar-refractivity contribution is 5.81. The maximum absolute atomic E-state index is 14.3. The van der Waals surface area contributed by atoms with Crippen LogP contribution < -0.4 is 21.3 Å². The first-order chi connectivity index (χ1) is 21.7. The van der Waals surface area contributed by atoms with E-state index in [1.807, 2.05) is 111 Å². The van der Waals surface area contributed by atoms with Crippen molar-refractivity contribution in [2.45, 2.75) is 187 Å². The van der Waals surface area contributed by atoms with Gasteiger partial charge in [0, 0.05) is 44.3 Å². The van der Waals surface area contributed by atoms with Gasteiger partial charge in [-0.25, -0.2) is 0 Å². The number of hydrogen-bond acceptors (Lipinski definition) is 12. The van der Waals surface area contributed by atoms with Gasteiger partial charge in [0.1, 0.15) is 0 Å². The molecule has 0 amide bonds. The van der Waals surface area contributed by atoms with Crippen molar-refractivity contribution < 1.29 is 38.1 Å². The molecule has 4 saturated heterocycles. The summed E-state index contributed by atoms with van der Waals surface area (Å²) < 4.78 is 24.1. The molecule has 0 aliphatic carbocycles. The van der Waals surface area contributed by atoms with Gasteiger partial charge >= 0.3 is 30.0 Å². The lowest BCUT2D eigenvalue weighted by Gasteiger charge is -2.36. The molecule has 49 heavy (non-hydrogen) atoms. The van der Waals surface area contributed by atoms with Crippen LogP contribution in [0.25, 0.3) is 0 Å². The molecule has 4 heterocycles. The van der Waals surface area contributed by atoms with Crippen molar-refractivity contribution in [2.75, 3.05) is 0 Å². The summed E-state index contributed by atoms with van der Waals surface area (Å²) in [5.41, 5.74) is -4.68. The molecule has 12 heteroatoms. The van der Waals surface area contributed by atoms with Crippen molar-refractivity contribution in [3.8, 4) is 0 Å². The Hall–Kier alpha value is -2.28. The summed E-state index contributed by atoms with van der Waals surface area (Å²) in [5.74, 6) is -6.32. The van der Waals surface area contributed by atoms with E-state index in [1.165, 1.54) is 0 Å². The number of carbonyl (C=O) groups excluding carboxylic acids is 4. The van der Waals surface area contributed by atoms with Crippen molar-refractivity contribution in [2.24, 2.45) is 23.7 Å². The molecular weight excluding hydrogens is 628 g/mol. The van der Waals surface area contributed by atoms with E-state index in [0.29, 0.717) is 25.7 Å². The summed E-state index contributed by atoms with van der Waals surface area (Å²) in [5, 5.41) is 13.8. The Labute approximate surface area is 293 Å². The Morgan fingerprint density at radius 1 is 0.388 bits per heavy atom. The smallest absolute Gasteiger partial charge is 0.352 e. The number of nitrogens with one attached hydrogen (secondary N) is 4. The van der Waals surface area contributed by atoms with Gasteiger partial charge in [-0.15, -0.1) is 0 Å². The average Bonchev–Trinajstić information content (AvgIpc) is 3.41. The third kappa shape index (κ3) is 8.45. The first-order valence-electron chi connectivity index (χ1n) is 17.8. The zero-order chi connectivity index (χ0) is 37.6. The molecule has 0 spiro atoms. The van der Waals surface area contributed by atoms with E-state index in [0.717, 1.165) is 0 Å². The highest BCUT2D eigenvalue weighted by Crippen LogP contribution is 2.44. The van der Waals surface area contributed by atoms with Crippen LogP contribution in [-0.4, -0.2) is 74.3 Å². The number of ether oxygens (including phenoxy) is 4. The first-order valence-corrected chi connectivity index (χ1v) is 17.8. The normalized spacial score (nSPS) is 33.6. The number of carbonyl (C=O) groups is 4. The molecule has 4 aliphatic rings. The maximum Gasteiger partial charge on any atom is 0.619 e. The van der Waals surface area contributed by atoms with Gasteiger partial charge in [-0.1, -0.05) is 0 Å². The minimum atomic E-state index is -3.11. The molecule has 4 fully saturated rings. The fourth-order valence-corrected chi connectivity index (χ4v) is 9.52. The molecule has 280 valence electrons. The third-order valence-corrected chi connectivity index (χ3v) is 11.0. The van der Waals surface area contributed by atoms with Crippen molar-refractivity contribution in [1.82, 2.24) is 21.3 Å². The van der Waals surface area contributed by atoms with Gasteiger partial charge < -0.3 is 40.2 Å². The summed E-state index contributed by atoms with van der Waals surface area (Å²) in [6, 6.07) is 0. The number of rotatable bonds is 8. The molecule has 0 aromatic carbocycles. The molecule has 4 N–H and O–H groups in total. The lowest BCUT2D eigenvalue weighted by Crippen LogP contribution is -2.56. The van der Waals surface area contributed by atoms with Gasteiger partial charge in [0.15, 0.2) is 0 Å². The van der Waals surface area contributed by atoms with E-state index in [9.17, 15) is 19.2 Å². The minimum absolute atomic E-state index is 0.375. The molecule has 12 nitrogen and oxygen atoms in total. The predicted octanol–water partition coefficient (Wildman–Crippen LogP) is 4.44. The van der Waals surface area contributed by atoms with E-state index >= 15 is 0 Å². The molecule has 0 radical (unpaired) electrons. The highest BCUT2D eigenvalue weighted by atomic mass is 17.0. The lowest BCUT2D eigenvalue weighted by molar-refractivity contribution is -0.436. The quantitative estimate of drug-likeness (QED) is 0.210. The molecule has 4 aliphatic heterocycles. The second kappa shape index (κ2) is 11.9. The van der Waals surface area contributed by atoms with Crippen LogP contribution in [0.3, 0.4) is 0 Å². The monoisotopic (exact) mass is 692 g/mol. The van der Waals surface area contributed by atoms with Crippen LogP contribution in [0.1, 0.15) is 136 Å². The summed E-state index contributed by atoms with van der Waals surface area (Å²) in [6.07, 6.45) is -1.61. The Kier molecular flexibility index (Phi) is 9.58. The first kappa shape index (κ1) is 39.5. The average molecular weight is 693 g/mol. The topological polar surface area (TPSA) is 153 Å². The Morgan fingerprint density at radius 2 is 0.551 bits per heavy atom. The SMILES string of the molecule is CC1(C)CC(C(=O)OC(OC(=O)C2CC(C)(C)NC2(C)C)(OC(=O)C2CC(C)(C)NC2(C)C)OC(=O)C2CC(C)(C)NC2(C)C)C(C)(C)N1. The fourth-order valence-electron chi connectivity index (χ4n) is 9.52. The van der Waals surface area contributed by atoms with Gasteiger partial charge in [0.05, 0.1) is 23.7 Å². The highest BCUT2D eigenvalue weighted by Gasteiger charge is 2.61. The van der Waals surface area contributed by atoms with Crippen LogP contribution in [0.15, 0.2) is 0 Å². The van der Waals surface area contributed by atoms with E-state index in [4.69, 9.17) is 18.9 Å². The molecule has 0 bridgehead atoms. The summed E-state index contributed by atoms with van der Waals surface area (Å²) in [6.45, 7) is 30.8. The van der Waals surface area contributed by atoms with Crippen LogP contribution >= 0.6 is 0 Å². The van der Waals surface area contributed by atoms with Crippen LogP contribution in [0.5, 0.6) is 0 Å². The number of esters is 4. The van der Waals surface area contributed by atoms with Crippen molar-refractivity contribution >= 4 is 23.9 Å². The summed E-state index contributed by atoms with van der Waals surface area (Å²) >= 11 is 0. The standard InChI is InChI=1S/C37H64N4O8/c1-29(2)17-21(33(9,10)38-29)25(42)46-37(47-26(43)22-18-30(3,4)39-34(22,11)12,48-27(44)23-19-31(5,6)40-35(23,13)14)49-28(45)24-20-32(7,8)41-36(24,15)16/h21-24,38-41H,17-20H2,1-16H3. The summed E-state index contributed by atoms with van der Waals surface area (Å²) in [7, 11) is 0. The van der Waals surface area contributed by atoms with E-state index in [2.05, 4.69) is 21.3 Å². The zero-order valence-electron chi connectivity index (χ0n) is 32.9. The van der Waals surface area contributed by atoms with Crippen molar-refractivity contribution in [3.63, 3.8) is 0 Å². The van der Waals surface area contributed by atoms with Gasteiger partial charge in [-0.2, -0.15) is 0 Å². The van der Waals surface area contributed by atoms with Crippen LogP contribution in [-0.2, 0) is 38.1 Å². The summed E-state index contributed by atoms with van der Waals surface area (Å²) in [4.78, 5) is 57.2. The second-order valence-electron chi connectivity index (χ2n) is 20.1. The zero-order valence-corrected chi connectivity index (χ0v) is 32.9. The van der Waals surface area contributed by atoms with Crippen LogP contribution in [0, 0.1) is 23.7 Å². The molecule has 4 unspecified atom stereocenters. The molecule has 0 saturated carbocycles. The molecule has 4 rings (SSSR count). The van der Waals surface area contributed by atoms with E-state index in [1.54, 1.807) is 0 Å². The van der Waals surface area contributed by atoms with Gasteiger partial charge in [-0.05, 0) is 136 Å². The lowest BCUT2D eigenvalue weighted by atomic mass is 9.87. The largest absolute Gasteiger partial charge is 0.619 e. The van der Waals surface area contributed by atoms with Gasteiger partial charge in [-0.3, -0.25) is 19.2 Å². The van der Waals surface area contributed by atoms with E-state index in [-0.39, 0.29) is 0 Å². The molecule has 4 atom stereocenters. The van der Waals surface area contributed by atoms with Gasteiger partial charge in [0.2, 0.25) is 0 Å². The molecular formula is C37H64N4O8. The Morgan fingerprint density at radius 3 is 0.673 bits per heavy atom. The number of hydrogen-bond donors (Lipinski definition) is 4. The van der Waals surface area contributed by atoms with Crippen LogP contribution in [0.4, 0.5) is 0 Å². The third-order valence-electron chi connectivity index (χ3n) is 11.0. The van der Waals surface area contributed by atoms with Crippen LogP contribution in [0.2, 0.25) is 0 Å². The molecule has 0 aromatic heterocycles. The van der Waals surface area contributed by atoms with E-state index < -0.39 is 98.0 Å². The Balaban J connectivity index is 1.82. The maximum atomic E-state index is 14.3. The second-order valence-corrected chi connectivity index (χ2v) is 20.1. The predicted molar refractivity (Wildman–Crippen MR) is 185 cm³/mol. The Bertz CT molecular complexity index is 1160. The fraction of sp³-hybridized carbons (Fsp3) is 0.892. The van der Waals surface area contributed by atoms with Crippen molar-refractivity contribution in [1.29, 1.82) is 0 Å².